The molecule has 3 nitrogen and oxygen atoms in total. The van der Waals surface area contributed by atoms with Crippen LogP contribution in [-0.2, 0) is 5.41 Å². The lowest BCUT2D eigenvalue weighted by molar-refractivity contribution is 0.0777. The van der Waals surface area contributed by atoms with E-state index in [-0.39, 0.29) is 11.3 Å². The van der Waals surface area contributed by atoms with Crippen molar-refractivity contribution in [3.8, 4) is 0 Å². The number of thiazole rings is 1. The summed E-state index contributed by atoms with van der Waals surface area (Å²) >= 11 is 1.53. The van der Waals surface area contributed by atoms with Crippen molar-refractivity contribution in [1.82, 2.24) is 9.88 Å². The quantitative estimate of drug-likeness (QED) is 0.829. The summed E-state index contributed by atoms with van der Waals surface area (Å²) < 4.78 is 0. The van der Waals surface area contributed by atoms with Crippen LogP contribution in [0, 0.1) is 6.92 Å². The number of aromatic nitrogens is 1. The third kappa shape index (κ3) is 3.06. The van der Waals surface area contributed by atoms with Crippen molar-refractivity contribution in [2.45, 2.75) is 47.0 Å². The number of hydrogen-bond acceptors (Lipinski definition) is 3. The Morgan fingerprint density at radius 2 is 1.82 bits per heavy atom. The number of amides is 1. The summed E-state index contributed by atoms with van der Waals surface area (Å²) in [5, 5.41) is 1.03. The van der Waals surface area contributed by atoms with Gasteiger partial charge in [0.05, 0.1) is 10.7 Å². The molecule has 0 aliphatic heterocycles. The molecule has 4 heteroatoms. The van der Waals surface area contributed by atoms with Crippen molar-refractivity contribution in [2.75, 3.05) is 13.1 Å². The first-order valence-electron chi connectivity index (χ1n) is 6.08. The number of aryl methyl sites for hydroxylation is 1. The molecular formula is C13H22N2OS. The van der Waals surface area contributed by atoms with Crippen LogP contribution < -0.4 is 0 Å². The molecule has 1 aromatic heterocycles. The molecule has 0 saturated heterocycles. The minimum atomic E-state index is 0.0111. The Labute approximate surface area is 108 Å². The Kier molecular flexibility index (Phi) is 4.31. The highest BCUT2D eigenvalue weighted by atomic mass is 32.1. The first-order valence-corrected chi connectivity index (χ1v) is 6.90. The fourth-order valence-corrected chi connectivity index (χ4v) is 2.66. The number of hydrogen-bond donors (Lipinski definition) is 0. The number of rotatable bonds is 3. The molecule has 0 fully saturated rings. The van der Waals surface area contributed by atoms with Crippen LogP contribution in [-0.4, -0.2) is 28.9 Å². The van der Waals surface area contributed by atoms with Gasteiger partial charge in [-0.3, -0.25) is 4.79 Å². The molecule has 1 aromatic rings. The molecule has 0 aliphatic carbocycles. The zero-order valence-corrected chi connectivity index (χ0v) is 12.4. The van der Waals surface area contributed by atoms with E-state index in [1.807, 2.05) is 25.7 Å². The molecule has 1 heterocycles. The summed E-state index contributed by atoms with van der Waals surface area (Å²) in [5.74, 6) is 0.112. The van der Waals surface area contributed by atoms with Crippen LogP contribution in [0.25, 0.3) is 0 Å². The van der Waals surface area contributed by atoms with Crippen LogP contribution >= 0.6 is 11.3 Å². The van der Waals surface area contributed by atoms with E-state index < -0.39 is 0 Å². The van der Waals surface area contributed by atoms with Crippen LogP contribution in [0.1, 0.15) is 55.0 Å². The Morgan fingerprint density at radius 3 is 2.18 bits per heavy atom. The van der Waals surface area contributed by atoms with Crippen molar-refractivity contribution < 1.29 is 4.79 Å². The minimum Gasteiger partial charge on any atom is -0.338 e. The SMILES string of the molecule is CCN(CC)C(=O)c1sc(C(C)(C)C)nc1C. The molecule has 1 rings (SSSR count). The van der Waals surface area contributed by atoms with Crippen LogP contribution in [0.5, 0.6) is 0 Å². The van der Waals surface area contributed by atoms with E-state index in [9.17, 15) is 4.79 Å². The molecule has 0 aromatic carbocycles. The molecule has 0 atom stereocenters. The number of carbonyl (C=O) groups is 1. The van der Waals surface area contributed by atoms with E-state index in [0.717, 1.165) is 28.7 Å². The van der Waals surface area contributed by atoms with E-state index in [2.05, 4.69) is 25.8 Å². The molecule has 0 bridgehead atoms. The molecule has 96 valence electrons. The van der Waals surface area contributed by atoms with Crippen molar-refractivity contribution in [3.63, 3.8) is 0 Å². The van der Waals surface area contributed by atoms with Gasteiger partial charge in [0.25, 0.3) is 5.91 Å². The highest BCUT2D eigenvalue weighted by molar-refractivity contribution is 7.14. The van der Waals surface area contributed by atoms with E-state index >= 15 is 0 Å². The van der Waals surface area contributed by atoms with Gasteiger partial charge in [0.2, 0.25) is 0 Å². The van der Waals surface area contributed by atoms with Crippen molar-refractivity contribution in [1.29, 1.82) is 0 Å². The van der Waals surface area contributed by atoms with Crippen molar-refractivity contribution >= 4 is 17.2 Å². The van der Waals surface area contributed by atoms with Gasteiger partial charge in [0.15, 0.2) is 0 Å². The highest BCUT2D eigenvalue weighted by Crippen LogP contribution is 2.29. The molecular weight excluding hydrogens is 232 g/mol. The standard InChI is InChI=1S/C13H22N2OS/c1-7-15(8-2)11(16)10-9(3)14-12(17-10)13(4,5)6/h7-8H2,1-6H3. The molecule has 0 unspecified atom stereocenters. The largest absolute Gasteiger partial charge is 0.338 e. The normalized spacial score (nSPS) is 11.6. The first-order chi connectivity index (χ1) is 7.81. The molecule has 0 saturated carbocycles. The zero-order chi connectivity index (χ0) is 13.2. The van der Waals surface area contributed by atoms with Gasteiger partial charge in [-0.2, -0.15) is 0 Å². The van der Waals surface area contributed by atoms with Crippen LogP contribution in [0.2, 0.25) is 0 Å². The Morgan fingerprint density at radius 1 is 1.29 bits per heavy atom. The van der Waals surface area contributed by atoms with Crippen molar-refractivity contribution in [2.24, 2.45) is 0 Å². The topological polar surface area (TPSA) is 33.2 Å². The molecule has 0 N–H and O–H groups in total. The maximum Gasteiger partial charge on any atom is 0.265 e. The van der Waals surface area contributed by atoms with Gasteiger partial charge in [0.1, 0.15) is 4.88 Å². The average molecular weight is 254 g/mol. The Bertz CT molecular complexity index is 400. The van der Waals surface area contributed by atoms with Gasteiger partial charge in [-0.1, -0.05) is 20.8 Å². The summed E-state index contributed by atoms with van der Waals surface area (Å²) in [4.78, 5) is 19.4. The number of carbonyl (C=O) groups excluding carboxylic acids is 1. The fourth-order valence-electron chi connectivity index (χ4n) is 1.57. The third-order valence-corrected chi connectivity index (χ3v) is 4.25. The average Bonchev–Trinajstić information content (AvgIpc) is 2.61. The second-order valence-electron chi connectivity index (χ2n) is 5.16. The molecule has 17 heavy (non-hydrogen) atoms. The summed E-state index contributed by atoms with van der Waals surface area (Å²) in [7, 11) is 0. The summed E-state index contributed by atoms with van der Waals surface area (Å²) in [5.41, 5.74) is 0.869. The fraction of sp³-hybridized carbons (Fsp3) is 0.692. The van der Waals surface area contributed by atoms with Crippen LogP contribution in [0.3, 0.4) is 0 Å². The van der Waals surface area contributed by atoms with Gasteiger partial charge in [0, 0.05) is 18.5 Å². The second kappa shape index (κ2) is 5.17. The number of nitrogens with zero attached hydrogens (tertiary/aromatic N) is 2. The van der Waals surface area contributed by atoms with E-state index in [0.29, 0.717) is 0 Å². The second-order valence-corrected chi connectivity index (χ2v) is 6.16. The summed E-state index contributed by atoms with van der Waals surface area (Å²) in [6.45, 7) is 13.8. The van der Waals surface area contributed by atoms with Crippen LogP contribution in [0.4, 0.5) is 0 Å². The molecule has 0 spiro atoms. The predicted octanol–water partition coefficient (Wildman–Crippen LogP) is 3.23. The Hall–Kier alpha value is -0.900. The lowest BCUT2D eigenvalue weighted by Gasteiger charge is -2.17. The summed E-state index contributed by atoms with van der Waals surface area (Å²) in [6.07, 6.45) is 0. The monoisotopic (exact) mass is 254 g/mol. The zero-order valence-electron chi connectivity index (χ0n) is 11.6. The third-order valence-electron chi connectivity index (χ3n) is 2.68. The molecule has 0 radical (unpaired) electrons. The van der Waals surface area contributed by atoms with Gasteiger partial charge in [-0.05, 0) is 20.8 Å². The van der Waals surface area contributed by atoms with E-state index in [1.54, 1.807) is 0 Å². The van der Waals surface area contributed by atoms with Gasteiger partial charge in [-0.15, -0.1) is 11.3 Å². The summed E-state index contributed by atoms with van der Waals surface area (Å²) in [6, 6.07) is 0. The smallest absolute Gasteiger partial charge is 0.265 e. The highest BCUT2D eigenvalue weighted by Gasteiger charge is 2.24. The maximum atomic E-state index is 12.3. The minimum absolute atomic E-state index is 0.0111. The molecule has 0 aliphatic rings. The maximum absolute atomic E-state index is 12.3. The molecule has 1 amide bonds. The van der Waals surface area contributed by atoms with Gasteiger partial charge < -0.3 is 4.90 Å². The van der Waals surface area contributed by atoms with E-state index in [4.69, 9.17) is 0 Å². The van der Waals surface area contributed by atoms with E-state index in [1.165, 1.54) is 11.3 Å². The Balaban J connectivity index is 3.07. The van der Waals surface area contributed by atoms with Gasteiger partial charge >= 0.3 is 0 Å². The van der Waals surface area contributed by atoms with Gasteiger partial charge in [-0.25, -0.2) is 4.98 Å². The van der Waals surface area contributed by atoms with Crippen LogP contribution in [0.15, 0.2) is 0 Å². The lowest BCUT2D eigenvalue weighted by atomic mass is 9.98. The first kappa shape index (κ1) is 14.2. The predicted molar refractivity (Wildman–Crippen MR) is 72.8 cm³/mol. The lowest BCUT2D eigenvalue weighted by Crippen LogP contribution is -2.30. The van der Waals surface area contributed by atoms with Crippen molar-refractivity contribution in [3.05, 3.63) is 15.6 Å².